The topological polar surface area (TPSA) is 75.5 Å². The summed E-state index contributed by atoms with van der Waals surface area (Å²) in [5, 5.41) is 13.3. The van der Waals surface area contributed by atoms with Gasteiger partial charge >= 0.3 is 0 Å². The lowest BCUT2D eigenvalue weighted by atomic mass is 10.1. The lowest BCUT2D eigenvalue weighted by Crippen LogP contribution is -2.37. The van der Waals surface area contributed by atoms with E-state index in [2.05, 4.69) is 10.2 Å². The predicted octanol–water partition coefficient (Wildman–Crippen LogP) is 1.95. The van der Waals surface area contributed by atoms with Gasteiger partial charge in [0, 0.05) is 25.2 Å². The van der Waals surface area contributed by atoms with E-state index >= 15 is 0 Å². The third-order valence-electron chi connectivity index (χ3n) is 3.57. The molecule has 0 saturated carbocycles. The van der Waals surface area contributed by atoms with Crippen molar-refractivity contribution in [3.8, 4) is 0 Å². The van der Waals surface area contributed by atoms with Crippen LogP contribution in [0.4, 0.5) is 10.1 Å². The molecule has 0 bridgehead atoms. The van der Waals surface area contributed by atoms with E-state index in [0.717, 1.165) is 44.1 Å². The van der Waals surface area contributed by atoms with Gasteiger partial charge in [0.15, 0.2) is 0 Å². The molecule has 0 atom stereocenters. The number of amides is 1. The number of nitrogens with one attached hydrogen (secondary N) is 1. The fourth-order valence-corrected chi connectivity index (χ4v) is 2.41. The predicted molar refractivity (Wildman–Crippen MR) is 75.7 cm³/mol. The number of carbonyl (C=O) groups excluding carboxylic acids is 1. The van der Waals surface area contributed by atoms with Crippen LogP contribution >= 0.6 is 0 Å². The van der Waals surface area contributed by atoms with Gasteiger partial charge in [-0.2, -0.15) is 0 Å². The molecule has 1 amide bonds. The molecule has 0 unspecified atom stereocenters. The van der Waals surface area contributed by atoms with Gasteiger partial charge in [-0.1, -0.05) is 6.42 Å². The van der Waals surface area contributed by atoms with Gasteiger partial charge in [-0.15, -0.1) is 0 Å². The van der Waals surface area contributed by atoms with Crippen molar-refractivity contribution in [2.75, 3.05) is 26.2 Å². The lowest BCUT2D eigenvalue weighted by molar-refractivity contribution is -0.384. The molecule has 1 N–H and O–H groups in total. The molecular formula is C14H18FN3O3. The Bertz CT molecular complexity index is 530. The SMILES string of the molecule is O=C(NCCN1CCCCC1)c1cc([N+](=O)[O-])ccc1F. The molecule has 114 valence electrons. The summed E-state index contributed by atoms with van der Waals surface area (Å²) in [5.41, 5.74) is -0.583. The molecule has 1 aromatic rings. The quantitative estimate of drug-likeness (QED) is 0.665. The van der Waals surface area contributed by atoms with Crippen LogP contribution in [0.5, 0.6) is 0 Å². The fourth-order valence-electron chi connectivity index (χ4n) is 2.41. The van der Waals surface area contributed by atoms with E-state index in [1.54, 1.807) is 0 Å². The normalized spacial score (nSPS) is 15.7. The summed E-state index contributed by atoms with van der Waals surface area (Å²) in [6.45, 7) is 3.14. The van der Waals surface area contributed by atoms with Gasteiger partial charge in [0.05, 0.1) is 10.5 Å². The Balaban J connectivity index is 1.90. The van der Waals surface area contributed by atoms with E-state index in [-0.39, 0.29) is 11.3 Å². The largest absolute Gasteiger partial charge is 0.351 e. The van der Waals surface area contributed by atoms with Crippen LogP contribution in [0.25, 0.3) is 0 Å². The van der Waals surface area contributed by atoms with Crippen molar-refractivity contribution in [3.05, 3.63) is 39.7 Å². The maximum Gasteiger partial charge on any atom is 0.270 e. The van der Waals surface area contributed by atoms with Gasteiger partial charge in [0.2, 0.25) is 0 Å². The molecule has 1 fully saturated rings. The van der Waals surface area contributed by atoms with Crippen molar-refractivity contribution in [2.45, 2.75) is 19.3 Å². The van der Waals surface area contributed by atoms with E-state index in [1.165, 1.54) is 6.42 Å². The Hall–Kier alpha value is -2.02. The van der Waals surface area contributed by atoms with Crippen molar-refractivity contribution in [2.24, 2.45) is 0 Å². The number of nitro groups is 1. The summed E-state index contributed by atoms with van der Waals surface area (Å²) in [6, 6.07) is 2.95. The third kappa shape index (κ3) is 4.22. The Labute approximate surface area is 122 Å². The maximum atomic E-state index is 13.6. The third-order valence-corrected chi connectivity index (χ3v) is 3.57. The van der Waals surface area contributed by atoms with Crippen LogP contribution in [0, 0.1) is 15.9 Å². The first-order chi connectivity index (χ1) is 10.1. The van der Waals surface area contributed by atoms with Crippen molar-refractivity contribution in [1.82, 2.24) is 10.2 Å². The summed E-state index contributed by atoms with van der Waals surface area (Å²) in [6.07, 6.45) is 3.56. The minimum absolute atomic E-state index is 0.289. The van der Waals surface area contributed by atoms with E-state index < -0.39 is 16.6 Å². The lowest BCUT2D eigenvalue weighted by Gasteiger charge is -2.26. The van der Waals surface area contributed by atoms with Crippen LogP contribution in [-0.2, 0) is 0 Å². The van der Waals surface area contributed by atoms with Crippen LogP contribution in [0.2, 0.25) is 0 Å². The molecule has 1 aliphatic rings. The van der Waals surface area contributed by atoms with Crippen LogP contribution in [-0.4, -0.2) is 41.9 Å². The smallest absolute Gasteiger partial charge is 0.270 e. The van der Waals surface area contributed by atoms with Gasteiger partial charge in [-0.25, -0.2) is 4.39 Å². The van der Waals surface area contributed by atoms with Crippen molar-refractivity contribution >= 4 is 11.6 Å². The highest BCUT2D eigenvalue weighted by Gasteiger charge is 2.17. The molecule has 0 radical (unpaired) electrons. The molecule has 1 aromatic carbocycles. The standard InChI is InChI=1S/C14H18FN3O3/c15-13-5-4-11(18(20)21)10-12(13)14(19)16-6-9-17-7-2-1-3-8-17/h4-5,10H,1-3,6-9H2,(H,16,19). The number of non-ortho nitro benzene ring substituents is 1. The average Bonchev–Trinajstić information content (AvgIpc) is 2.48. The molecule has 2 rings (SSSR count). The zero-order chi connectivity index (χ0) is 15.2. The molecule has 1 saturated heterocycles. The Morgan fingerprint density at radius 2 is 2.05 bits per heavy atom. The molecule has 6 nitrogen and oxygen atoms in total. The first-order valence-electron chi connectivity index (χ1n) is 7.02. The summed E-state index contributed by atoms with van der Waals surface area (Å²) >= 11 is 0. The zero-order valence-electron chi connectivity index (χ0n) is 11.7. The molecule has 1 heterocycles. The molecule has 0 aromatic heterocycles. The number of likely N-dealkylation sites (tertiary alicyclic amines) is 1. The number of halogens is 1. The summed E-state index contributed by atoms with van der Waals surface area (Å²) in [4.78, 5) is 24.1. The summed E-state index contributed by atoms with van der Waals surface area (Å²) < 4.78 is 13.6. The number of hydrogen-bond donors (Lipinski definition) is 1. The van der Waals surface area contributed by atoms with Gasteiger partial charge in [0.1, 0.15) is 5.82 Å². The Morgan fingerprint density at radius 1 is 1.33 bits per heavy atom. The second-order valence-corrected chi connectivity index (χ2v) is 5.08. The maximum absolute atomic E-state index is 13.6. The van der Waals surface area contributed by atoms with Crippen LogP contribution in [0.3, 0.4) is 0 Å². The number of carbonyl (C=O) groups is 1. The van der Waals surface area contributed by atoms with Crippen molar-refractivity contribution < 1.29 is 14.1 Å². The minimum atomic E-state index is -0.754. The Morgan fingerprint density at radius 3 is 2.71 bits per heavy atom. The van der Waals surface area contributed by atoms with Crippen LogP contribution < -0.4 is 5.32 Å². The second kappa shape index (κ2) is 7.12. The average molecular weight is 295 g/mol. The molecule has 1 aliphatic heterocycles. The van der Waals surface area contributed by atoms with Gasteiger partial charge in [-0.05, 0) is 32.0 Å². The van der Waals surface area contributed by atoms with Crippen LogP contribution in [0.15, 0.2) is 18.2 Å². The molecule has 0 spiro atoms. The highest BCUT2D eigenvalue weighted by atomic mass is 19.1. The zero-order valence-corrected chi connectivity index (χ0v) is 11.7. The first-order valence-corrected chi connectivity index (χ1v) is 7.02. The minimum Gasteiger partial charge on any atom is -0.351 e. The van der Waals surface area contributed by atoms with Gasteiger partial charge in [-0.3, -0.25) is 14.9 Å². The van der Waals surface area contributed by atoms with Crippen molar-refractivity contribution in [3.63, 3.8) is 0 Å². The summed E-state index contributed by atoms with van der Waals surface area (Å²) in [5.74, 6) is -1.37. The van der Waals surface area contributed by atoms with E-state index in [9.17, 15) is 19.3 Å². The molecule has 7 heteroatoms. The fraction of sp³-hybridized carbons (Fsp3) is 0.500. The van der Waals surface area contributed by atoms with E-state index in [0.29, 0.717) is 13.1 Å². The molecule has 0 aliphatic carbocycles. The molecular weight excluding hydrogens is 277 g/mol. The number of nitrogens with zero attached hydrogens (tertiary/aromatic N) is 2. The number of benzene rings is 1. The van der Waals surface area contributed by atoms with E-state index in [4.69, 9.17) is 0 Å². The monoisotopic (exact) mass is 295 g/mol. The van der Waals surface area contributed by atoms with Crippen molar-refractivity contribution in [1.29, 1.82) is 0 Å². The van der Waals surface area contributed by atoms with Gasteiger partial charge < -0.3 is 10.2 Å². The number of nitro benzene ring substituents is 1. The second-order valence-electron chi connectivity index (χ2n) is 5.08. The Kier molecular flexibility index (Phi) is 5.21. The van der Waals surface area contributed by atoms with E-state index in [1.807, 2.05) is 0 Å². The number of piperidine rings is 1. The number of hydrogen-bond acceptors (Lipinski definition) is 4. The highest BCUT2D eigenvalue weighted by Crippen LogP contribution is 2.16. The molecule has 21 heavy (non-hydrogen) atoms. The van der Waals surface area contributed by atoms with Gasteiger partial charge in [0.25, 0.3) is 11.6 Å². The number of rotatable bonds is 5. The van der Waals surface area contributed by atoms with Crippen LogP contribution in [0.1, 0.15) is 29.6 Å². The summed E-state index contributed by atoms with van der Waals surface area (Å²) in [7, 11) is 0. The first kappa shape index (κ1) is 15.4. The highest BCUT2D eigenvalue weighted by molar-refractivity contribution is 5.95.